The van der Waals surface area contributed by atoms with E-state index >= 15 is 0 Å². The largest absolute Gasteiger partial charge is 0.340 e. The first-order valence-electron chi connectivity index (χ1n) is 7.13. The van der Waals surface area contributed by atoms with Crippen LogP contribution in [-0.4, -0.2) is 29.9 Å². The second-order valence-electron chi connectivity index (χ2n) is 5.96. The fourth-order valence-electron chi connectivity index (χ4n) is 3.08. The Morgan fingerprint density at radius 1 is 1.33 bits per heavy atom. The molecule has 114 valence electrons. The summed E-state index contributed by atoms with van der Waals surface area (Å²) in [6.45, 7) is 1.05. The molecule has 1 aliphatic heterocycles. The van der Waals surface area contributed by atoms with Gasteiger partial charge in [0, 0.05) is 24.7 Å². The summed E-state index contributed by atoms with van der Waals surface area (Å²) < 4.78 is 27.5. The third kappa shape index (κ3) is 2.90. The number of likely N-dealkylation sites (tertiary alicyclic amines) is 1. The second-order valence-corrected chi connectivity index (χ2v) is 6.37. The number of carbonyl (C=O) groups is 1. The Morgan fingerprint density at radius 3 is 2.71 bits per heavy atom. The van der Waals surface area contributed by atoms with Crippen LogP contribution in [0.3, 0.4) is 0 Å². The Morgan fingerprint density at radius 2 is 2.05 bits per heavy atom. The molecule has 1 amide bonds. The maximum Gasteiger partial charge on any atom is 0.227 e. The van der Waals surface area contributed by atoms with Crippen LogP contribution < -0.4 is 5.73 Å². The van der Waals surface area contributed by atoms with Crippen molar-refractivity contribution in [3.05, 3.63) is 34.4 Å². The molecule has 2 atom stereocenters. The Hall–Kier alpha value is -1.20. The highest BCUT2D eigenvalue weighted by Gasteiger charge is 2.42. The lowest BCUT2D eigenvalue weighted by Crippen LogP contribution is -2.33. The normalized spacial score (nSPS) is 25.4. The van der Waals surface area contributed by atoms with E-state index in [2.05, 4.69) is 0 Å². The molecule has 0 unspecified atom stereocenters. The SMILES string of the molecule is N[C@@H]1CN(C(=O)Cc2c(F)ccc(Cl)c2F)C[C@H]1C1CC1. The fourth-order valence-corrected chi connectivity index (χ4v) is 3.25. The number of amides is 1. The Kier molecular flexibility index (Phi) is 3.88. The van der Waals surface area contributed by atoms with Crippen molar-refractivity contribution in [1.29, 1.82) is 0 Å². The first-order valence-corrected chi connectivity index (χ1v) is 7.51. The molecule has 3 rings (SSSR count). The van der Waals surface area contributed by atoms with Crippen molar-refractivity contribution in [2.24, 2.45) is 17.6 Å². The minimum atomic E-state index is -0.854. The maximum atomic E-state index is 13.8. The highest BCUT2D eigenvalue weighted by molar-refractivity contribution is 6.30. The van der Waals surface area contributed by atoms with Crippen LogP contribution in [0.2, 0.25) is 5.02 Å². The smallest absolute Gasteiger partial charge is 0.227 e. The van der Waals surface area contributed by atoms with Crippen LogP contribution in [0, 0.1) is 23.5 Å². The lowest BCUT2D eigenvalue weighted by atomic mass is 9.99. The molecule has 0 radical (unpaired) electrons. The molecule has 2 fully saturated rings. The van der Waals surface area contributed by atoms with Crippen LogP contribution in [0.1, 0.15) is 18.4 Å². The van der Waals surface area contributed by atoms with Gasteiger partial charge in [-0.05, 0) is 36.8 Å². The van der Waals surface area contributed by atoms with Crippen LogP contribution in [0.4, 0.5) is 8.78 Å². The number of benzene rings is 1. The van der Waals surface area contributed by atoms with Gasteiger partial charge < -0.3 is 10.6 Å². The lowest BCUT2D eigenvalue weighted by Gasteiger charge is -2.17. The zero-order valence-electron chi connectivity index (χ0n) is 11.5. The molecule has 1 aromatic rings. The first-order chi connectivity index (χ1) is 9.97. The molecule has 2 N–H and O–H groups in total. The van der Waals surface area contributed by atoms with E-state index in [0.717, 1.165) is 25.0 Å². The summed E-state index contributed by atoms with van der Waals surface area (Å²) in [4.78, 5) is 13.9. The second kappa shape index (κ2) is 5.54. The minimum Gasteiger partial charge on any atom is -0.340 e. The summed E-state index contributed by atoms with van der Waals surface area (Å²) in [5.41, 5.74) is 5.79. The molecule has 3 nitrogen and oxygen atoms in total. The Labute approximate surface area is 127 Å². The van der Waals surface area contributed by atoms with Crippen molar-refractivity contribution < 1.29 is 13.6 Å². The number of nitrogens with zero attached hydrogens (tertiary/aromatic N) is 1. The highest BCUT2D eigenvalue weighted by Crippen LogP contribution is 2.41. The quantitative estimate of drug-likeness (QED) is 0.871. The van der Waals surface area contributed by atoms with Crippen molar-refractivity contribution in [2.45, 2.75) is 25.3 Å². The zero-order valence-corrected chi connectivity index (χ0v) is 12.2. The van der Waals surface area contributed by atoms with Gasteiger partial charge in [-0.2, -0.15) is 0 Å². The van der Waals surface area contributed by atoms with Gasteiger partial charge in [0.1, 0.15) is 11.6 Å². The fraction of sp³-hybridized carbons (Fsp3) is 0.533. The third-order valence-corrected chi connectivity index (χ3v) is 4.75. The molecule has 1 heterocycles. The molecule has 0 bridgehead atoms. The van der Waals surface area contributed by atoms with Crippen LogP contribution >= 0.6 is 11.6 Å². The minimum absolute atomic E-state index is 0.0319. The van der Waals surface area contributed by atoms with Crippen molar-refractivity contribution in [3.63, 3.8) is 0 Å². The number of hydrogen-bond acceptors (Lipinski definition) is 2. The highest BCUT2D eigenvalue weighted by atomic mass is 35.5. The number of halogens is 3. The Bertz CT molecular complexity index is 577. The summed E-state index contributed by atoms with van der Waals surface area (Å²) in [5.74, 6) is -0.964. The molecular formula is C15H17ClF2N2O. The number of rotatable bonds is 3. The molecule has 2 aliphatic rings. The summed E-state index contributed by atoms with van der Waals surface area (Å²) in [6.07, 6.45) is 2.01. The van der Waals surface area contributed by atoms with Gasteiger partial charge in [-0.1, -0.05) is 11.6 Å². The standard InChI is InChI=1S/C15H17ClF2N2O/c16-11-3-4-12(17)9(15(11)18)5-14(21)20-6-10(8-1-2-8)13(19)7-20/h3-4,8,10,13H,1-2,5-7,19H2/t10-,13+/m0/s1. The average molecular weight is 315 g/mol. The summed E-state index contributed by atoms with van der Waals surface area (Å²) >= 11 is 5.64. The van der Waals surface area contributed by atoms with Crippen LogP contribution in [-0.2, 0) is 11.2 Å². The molecule has 1 saturated carbocycles. The summed E-state index contributed by atoms with van der Waals surface area (Å²) in [6, 6.07) is 2.20. The van der Waals surface area contributed by atoms with Gasteiger partial charge in [0.25, 0.3) is 0 Å². The summed E-state index contributed by atoms with van der Waals surface area (Å²) in [5, 5.41) is -0.173. The van der Waals surface area contributed by atoms with Crippen molar-refractivity contribution >= 4 is 17.5 Å². The van der Waals surface area contributed by atoms with Gasteiger partial charge in [-0.3, -0.25) is 4.79 Å². The molecule has 0 aromatic heterocycles. The van der Waals surface area contributed by atoms with Gasteiger partial charge in [0.2, 0.25) is 5.91 Å². The lowest BCUT2D eigenvalue weighted by molar-refractivity contribution is -0.129. The van der Waals surface area contributed by atoms with Crippen molar-refractivity contribution in [2.75, 3.05) is 13.1 Å². The monoisotopic (exact) mass is 314 g/mol. The first kappa shape index (κ1) is 14.7. The zero-order chi connectivity index (χ0) is 15.1. The van der Waals surface area contributed by atoms with E-state index in [0.29, 0.717) is 24.9 Å². The van der Waals surface area contributed by atoms with Gasteiger partial charge >= 0.3 is 0 Å². The average Bonchev–Trinajstić information content (AvgIpc) is 3.22. The predicted molar refractivity (Wildman–Crippen MR) is 75.8 cm³/mol. The number of hydrogen-bond donors (Lipinski definition) is 1. The number of carbonyl (C=O) groups excluding carboxylic acids is 1. The molecule has 6 heteroatoms. The third-order valence-electron chi connectivity index (χ3n) is 4.46. The molecule has 1 aromatic carbocycles. The van der Waals surface area contributed by atoms with E-state index in [4.69, 9.17) is 17.3 Å². The van der Waals surface area contributed by atoms with E-state index in [9.17, 15) is 13.6 Å². The van der Waals surface area contributed by atoms with E-state index in [1.54, 1.807) is 4.90 Å². The van der Waals surface area contributed by atoms with E-state index in [1.807, 2.05) is 0 Å². The van der Waals surface area contributed by atoms with Crippen LogP contribution in [0.25, 0.3) is 0 Å². The number of nitrogens with two attached hydrogens (primary N) is 1. The maximum absolute atomic E-state index is 13.8. The molecular weight excluding hydrogens is 298 g/mol. The van der Waals surface area contributed by atoms with Crippen LogP contribution in [0.15, 0.2) is 12.1 Å². The van der Waals surface area contributed by atoms with Gasteiger partial charge in [-0.25, -0.2) is 8.78 Å². The van der Waals surface area contributed by atoms with E-state index in [-0.39, 0.29) is 29.0 Å². The van der Waals surface area contributed by atoms with Gasteiger partial charge in [0.15, 0.2) is 0 Å². The van der Waals surface area contributed by atoms with Gasteiger partial charge in [0.05, 0.1) is 11.4 Å². The molecule has 1 aliphatic carbocycles. The Balaban J connectivity index is 1.71. The molecule has 1 saturated heterocycles. The predicted octanol–water partition coefficient (Wildman–Crippen LogP) is 2.36. The van der Waals surface area contributed by atoms with Crippen molar-refractivity contribution in [3.8, 4) is 0 Å². The molecule has 0 spiro atoms. The van der Waals surface area contributed by atoms with Gasteiger partial charge in [-0.15, -0.1) is 0 Å². The van der Waals surface area contributed by atoms with Crippen molar-refractivity contribution in [1.82, 2.24) is 4.90 Å². The van der Waals surface area contributed by atoms with E-state index in [1.165, 1.54) is 0 Å². The molecule has 21 heavy (non-hydrogen) atoms. The van der Waals surface area contributed by atoms with Crippen LogP contribution in [0.5, 0.6) is 0 Å². The summed E-state index contributed by atoms with van der Waals surface area (Å²) in [7, 11) is 0. The van der Waals surface area contributed by atoms with E-state index < -0.39 is 11.6 Å². The topological polar surface area (TPSA) is 46.3 Å².